The number of nitrogens with zero attached hydrogens (tertiary/aromatic N) is 3. The second-order valence-electron chi connectivity index (χ2n) is 8.86. The van der Waals surface area contributed by atoms with Crippen LogP contribution in [0.4, 0.5) is 4.79 Å². The van der Waals surface area contributed by atoms with Crippen LogP contribution in [-0.4, -0.2) is 72.7 Å². The number of hydrogen-bond donors (Lipinski definition) is 0. The number of allylic oxidation sites excluding steroid dienone is 1. The summed E-state index contributed by atoms with van der Waals surface area (Å²) in [6, 6.07) is 0. The van der Waals surface area contributed by atoms with Gasteiger partial charge >= 0.3 is 6.09 Å². The SMILES string of the molecule is C=[N+]1N=C(C)CCC(C2=CCOCC2)=C1COC1CCN(C(=O)OC(C)(C)C)C1. The molecule has 3 rings (SSSR count). The predicted molar refractivity (Wildman–Crippen MR) is 112 cm³/mol. The molecule has 0 saturated carbocycles. The average Bonchev–Trinajstić information content (AvgIpc) is 3.07. The monoisotopic (exact) mass is 404 g/mol. The van der Waals surface area contributed by atoms with Gasteiger partial charge < -0.3 is 19.1 Å². The van der Waals surface area contributed by atoms with Crippen LogP contribution in [0.2, 0.25) is 0 Å². The molecule has 1 saturated heterocycles. The van der Waals surface area contributed by atoms with Crippen LogP contribution in [-0.2, 0) is 14.2 Å². The molecule has 0 N–H and O–H groups in total. The molecule has 7 heteroatoms. The summed E-state index contributed by atoms with van der Waals surface area (Å²) in [6.45, 7) is 14.8. The summed E-state index contributed by atoms with van der Waals surface area (Å²) in [5.74, 6) is 0. The summed E-state index contributed by atoms with van der Waals surface area (Å²) >= 11 is 0. The molecule has 3 heterocycles. The molecule has 7 nitrogen and oxygen atoms in total. The maximum Gasteiger partial charge on any atom is 0.410 e. The van der Waals surface area contributed by atoms with E-state index in [1.54, 1.807) is 9.58 Å². The lowest BCUT2D eigenvalue weighted by Crippen LogP contribution is -2.36. The topological polar surface area (TPSA) is 63.4 Å². The van der Waals surface area contributed by atoms with Crippen molar-refractivity contribution >= 4 is 18.5 Å². The first kappa shape index (κ1) is 21.7. The molecule has 0 aromatic rings. The maximum absolute atomic E-state index is 12.3. The third-order valence-corrected chi connectivity index (χ3v) is 5.29. The molecule has 0 aromatic heterocycles. The second kappa shape index (κ2) is 9.22. The molecule has 3 aliphatic heterocycles. The van der Waals surface area contributed by atoms with E-state index in [9.17, 15) is 4.79 Å². The first-order chi connectivity index (χ1) is 13.7. The first-order valence-electron chi connectivity index (χ1n) is 10.5. The largest absolute Gasteiger partial charge is 0.444 e. The van der Waals surface area contributed by atoms with Gasteiger partial charge in [0, 0.05) is 12.1 Å². The Balaban J connectivity index is 1.66. The molecule has 1 fully saturated rings. The van der Waals surface area contributed by atoms with Gasteiger partial charge in [-0.3, -0.25) is 0 Å². The maximum atomic E-state index is 12.3. The highest BCUT2D eigenvalue weighted by Gasteiger charge is 2.32. The van der Waals surface area contributed by atoms with Gasteiger partial charge in [-0.05, 0) is 64.1 Å². The Morgan fingerprint density at radius 3 is 2.86 bits per heavy atom. The Kier molecular flexibility index (Phi) is 6.90. The molecular weight excluding hydrogens is 370 g/mol. The van der Waals surface area contributed by atoms with Crippen molar-refractivity contribution in [3.05, 3.63) is 22.9 Å². The minimum absolute atomic E-state index is 0.0123. The zero-order valence-corrected chi connectivity index (χ0v) is 18.2. The van der Waals surface area contributed by atoms with Gasteiger partial charge in [-0.25, -0.2) is 4.79 Å². The van der Waals surface area contributed by atoms with Gasteiger partial charge in [0.15, 0.2) is 6.72 Å². The van der Waals surface area contributed by atoms with E-state index in [-0.39, 0.29) is 12.2 Å². The number of hydrogen-bond acceptors (Lipinski definition) is 5. The standard InChI is InChI=1S/C22H34N3O4/c1-16-6-7-19(17-9-12-27-13-10-17)20(24(5)23-16)15-28-18-8-11-25(14-18)21(26)29-22(2,3)4/h9,18H,5-8,10-15H2,1-4H3/q+1. The Labute approximate surface area is 173 Å². The second-order valence-corrected chi connectivity index (χ2v) is 8.86. The van der Waals surface area contributed by atoms with Crippen molar-refractivity contribution in [1.29, 1.82) is 0 Å². The minimum Gasteiger partial charge on any atom is -0.444 e. The van der Waals surface area contributed by atoms with Gasteiger partial charge in [-0.2, -0.15) is 0 Å². The van der Waals surface area contributed by atoms with Crippen LogP contribution in [0, 0.1) is 0 Å². The third kappa shape index (κ3) is 6.00. The van der Waals surface area contributed by atoms with Crippen molar-refractivity contribution in [3.8, 4) is 0 Å². The fourth-order valence-electron chi connectivity index (χ4n) is 3.78. The molecule has 1 atom stereocenters. The molecule has 0 bridgehead atoms. The summed E-state index contributed by atoms with van der Waals surface area (Å²) in [5, 5.41) is 4.59. The van der Waals surface area contributed by atoms with E-state index in [1.807, 2.05) is 27.7 Å². The van der Waals surface area contributed by atoms with Crippen molar-refractivity contribution in [3.63, 3.8) is 0 Å². The van der Waals surface area contributed by atoms with Crippen molar-refractivity contribution in [2.45, 2.75) is 65.1 Å². The van der Waals surface area contributed by atoms with Gasteiger partial charge in [-0.15, -0.1) is 0 Å². The summed E-state index contributed by atoms with van der Waals surface area (Å²) in [5.41, 5.74) is 4.17. The number of carbonyl (C=O) groups excluding carboxylic acids is 1. The highest BCUT2D eigenvalue weighted by Crippen LogP contribution is 2.29. The molecule has 29 heavy (non-hydrogen) atoms. The number of amides is 1. The van der Waals surface area contributed by atoms with E-state index in [0.717, 1.165) is 43.7 Å². The third-order valence-electron chi connectivity index (χ3n) is 5.29. The summed E-state index contributed by atoms with van der Waals surface area (Å²) in [7, 11) is 0. The fraction of sp³-hybridized carbons (Fsp3) is 0.682. The highest BCUT2D eigenvalue weighted by atomic mass is 16.6. The van der Waals surface area contributed by atoms with E-state index in [2.05, 4.69) is 17.9 Å². The van der Waals surface area contributed by atoms with Crippen LogP contribution in [0.15, 0.2) is 28.0 Å². The Morgan fingerprint density at radius 1 is 1.38 bits per heavy atom. The van der Waals surface area contributed by atoms with Crippen molar-refractivity contribution in [1.82, 2.24) is 4.90 Å². The highest BCUT2D eigenvalue weighted by molar-refractivity contribution is 5.82. The van der Waals surface area contributed by atoms with Crippen LogP contribution >= 0.6 is 0 Å². The molecule has 1 amide bonds. The molecule has 0 aliphatic carbocycles. The van der Waals surface area contributed by atoms with Gasteiger partial charge in [0.25, 0.3) is 0 Å². The lowest BCUT2D eigenvalue weighted by molar-refractivity contribution is -0.479. The number of likely N-dealkylation sites (tertiary alicyclic amines) is 1. The Bertz CT molecular complexity index is 746. The Morgan fingerprint density at radius 2 is 2.17 bits per heavy atom. The van der Waals surface area contributed by atoms with Gasteiger partial charge in [0.2, 0.25) is 5.70 Å². The molecule has 0 spiro atoms. The lowest BCUT2D eigenvalue weighted by Gasteiger charge is -2.24. The summed E-state index contributed by atoms with van der Waals surface area (Å²) < 4.78 is 18.9. The lowest BCUT2D eigenvalue weighted by atomic mass is 9.95. The predicted octanol–water partition coefficient (Wildman–Crippen LogP) is 3.50. The fourth-order valence-corrected chi connectivity index (χ4v) is 3.78. The van der Waals surface area contributed by atoms with Crippen LogP contribution in [0.3, 0.4) is 0 Å². The smallest absolute Gasteiger partial charge is 0.410 e. The van der Waals surface area contributed by atoms with Crippen LogP contribution < -0.4 is 0 Å². The Hall–Kier alpha value is -1.99. The van der Waals surface area contributed by atoms with Gasteiger partial charge in [0.05, 0.1) is 31.6 Å². The van der Waals surface area contributed by atoms with E-state index >= 15 is 0 Å². The normalized spacial score (nSPS) is 23.7. The van der Waals surface area contributed by atoms with Crippen LogP contribution in [0.5, 0.6) is 0 Å². The average molecular weight is 405 g/mol. The quantitative estimate of drug-likeness (QED) is 0.673. The van der Waals surface area contributed by atoms with E-state index in [4.69, 9.17) is 14.2 Å². The molecule has 3 aliphatic rings. The number of ether oxygens (including phenoxy) is 3. The molecule has 160 valence electrons. The summed E-state index contributed by atoms with van der Waals surface area (Å²) in [6.07, 6.45) is 5.43. The van der Waals surface area contributed by atoms with Crippen LogP contribution in [0.25, 0.3) is 0 Å². The minimum atomic E-state index is -0.488. The van der Waals surface area contributed by atoms with Gasteiger partial charge in [0.1, 0.15) is 12.2 Å². The van der Waals surface area contributed by atoms with E-state index in [0.29, 0.717) is 26.3 Å². The zero-order chi connectivity index (χ0) is 21.0. The van der Waals surface area contributed by atoms with E-state index in [1.165, 1.54) is 11.1 Å². The van der Waals surface area contributed by atoms with Gasteiger partial charge in [-0.1, -0.05) is 10.8 Å². The molecule has 0 aromatic carbocycles. The number of rotatable bonds is 4. The molecular formula is C22H34N3O4+. The summed E-state index contributed by atoms with van der Waals surface area (Å²) in [4.78, 5) is 14.0. The molecule has 0 radical (unpaired) electrons. The van der Waals surface area contributed by atoms with E-state index < -0.39 is 5.60 Å². The first-order valence-corrected chi connectivity index (χ1v) is 10.5. The zero-order valence-electron chi connectivity index (χ0n) is 18.2. The van der Waals surface area contributed by atoms with Crippen molar-refractivity contribution < 1.29 is 23.7 Å². The van der Waals surface area contributed by atoms with Crippen molar-refractivity contribution in [2.24, 2.45) is 5.10 Å². The van der Waals surface area contributed by atoms with Crippen molar-refractivity contribution in [2.75, 3.05) is 32.9 Å². The van der Waals surface area contributed by atoms with Crippen LogP contribution in [0.1, 0.15) is 53.4 Å². The molecule has 1 unspecified atom stereocenters. The number of hydrazone groups is 1. The number of carbonyl (C=O) groups is 1.